The third-order valence-electron chi connectivity index (χ3n) is 5.04. The van der Waals surface area contributed by atoms with Crippen LogP contribution in [0.3, 0.4) is 0 Å². The minimum absolute atomic E-state index is 0.153. The Balaban J connectivity index is 1.90. The lowest BCUT2D eigenvalue weighted by Gasteiger charge is -2.25. The van der Waals surface area contributed by atoms with Crippen molar-refractivity contribution < 1.29 is 12.6 Å². The number of aryl methyl sites for hydroxylation is 1. The highest BCUT2D eigenvalue weighted by molar-refractivity contribution is 7.89. The normalized spacial score (nSPS) is 21.9. The molecule has 0 bridgehead atoms. The summed E-state index contributed by atoms with van der Waals surface area (Å²) in [7, 11) is -4.95. The lowest BCUT2D eigenvalue weighted by Crippen LogP contribution is -2.44. The molecule has 2 aromatic rings. The van der Waals surface area contributed by atoms with Crippen LogP contribution in [0.25, 0.3) is 5.57 Å². The van der Waals surface area contributed by atoms with Crippen LogP contribution in [0.2, 0.25) is 0 Å². The summed E-state index contributed by atoms with van der Waals surface area (Å²) in [6.45, 7) is 12.4. The van der Waals surface area contributed by atoms with Crippen molar-refractivity contribution in [2.24, 2.45) is 5.92 Å². The van der Waals surface area contributed by atoms with Gasteiger partial charge >= 0.3 is 0 Å². The number of rotatable bonds is 6. The zero-order chi connectivity index (χ0) is 21.4. The van der Waals surface area contributed by atoms with E-state index in [0.717, 1.165) is 16.0 Å². The second-order valence-electron chi connectivity index (χ2n) is 8.35. The van der Waals surface area contributed by atoms with Gasteiger partial charge in [-0.05, 0) is 56.8 Å². The van der Waals surface area contributed by atoms with Crippen LogP contribution in [0, 0.1) is 12.8 Å². The van der Waals surface area contributed by atoms with Gasteiger partial charge in [0.15, 0.2) is 0 Å². The molecule has 0 amide bonds. The van der Waals surface area contributed by atoms with Crippen LogP contribution in [0.4, 0.5) is 0 Å². The Bertz CT molecular complexity index is 991. The molecule has 1 N–H and O–H groups in total. The van der Waals surface area contributed by atoms with Crippen molar-refractivity contribution in [1.82, 2.24) is 9.03 Å². The van der Waals surface area contributed by atoms with Crippen molar-refractivity contribution in [1.29, 1.82) is 0 Å². The van der Waals surface area contributed by atoms with Crippen molar-refractivity contribution >= 4 is 37.9 Å². The first kappa shape index (κ1) is 22.4. The lowest BCUT2D eigenvalue weighted by molar-refractivity contribution is 0.467. The molecule has 1 saturated heterocycles. The van der Waals surface area contributed by atoms with Crippen LogP contribution in [0.5, 0.6) is 0 Å². The minimum Gasteiger partial charge on any atom is -0.242 e. The van der Waals surface area contributed by atoms with Crippen LogP contribution >= 0.6 is 11.3 Å². The first-order chi connectivity index (χ1) is 13.5. The van der Waals surface area contributed by atoms with Gasteiger partial charge in [0.05, 0.1) is 20.6 Å². The highest BCUT2D eigenvalue weighted by Gasteiger charge is 2.42. The van der Waals surface area contributed by atoms with Crippen molar-refractivity contribution in [2.45, 2.75) is 43.4 Å². The molecule has 1 fully saturated rings. The van der Waals surface area contributed by atoms with Crippen LogP contribution in [-0.4, -0.2) is 40.8 Å². The first-order valence-corrected chi connectivity index (χ1v) is 12.9. The van der Waals surface area contributed by atoms with Gasteiger partial charge in [-0.25, -0.2) is 17.3 Å². The zero-order valence-corrected chi connectivity index (χ0v) is 19.7. The molecule has 158 valence electrons. The number of hydrogen-bond donors (Lipinski definition) is 1. The van der Waals surface area contributed by atoms with Gasteiger partial charge in [0.25, 0.3) is 0 Å². The zero-order valence-electron chi connectivity index (χ0n) is 17.2. The molecule has 1 aliphatic rings. The molecule has 0 radical (unpaired) electrons. The fourth-order valence-corrected chi connectivity index (χ4v) is 6.38. The SMILES string of the molecule is C=C(c1cccs1)[C@H]1CN(S(=O)(=O)c2ccc(C)cc2)C[C@H]1N[S@](=O)C(C)(C)C. The summed E-state index contributed by atoms with van der Waals surface area (Å²) in [6.07, 6.45) is 0. The Hall–Kier alpha value is -1.32. The van der Waals surface area contributed by atoms with E-state index in [-0.39, 0.29) is 23.4 Å². The van der Waals surface area contributed by atoms with Crippen molar-refractivity contribution in [3.63, 3.8) is 0 Å². The molecule has 1 aromatic heterocycles. The van der Waals surface area contributed by atoms with Crippen LogP contribution < -0.4 is 4.72 Å². The smallest absolute Gasteiger partial charge is 0.242 e. The Labute approximate surface area is 180 Å². The van der Waals surface area contributed by atoms with Gasteiger partial charge in [-0.2, -0.15) is 4.31 Å². The molecule has 29 heavy (non-hydrogen) atoms. The van der Waals surface area contributed by atoms with Gasteiger partial charge < -0.3 is 0 Å². The summed E-state index contributed by atoms with van der Waals surface area (Å²) in [5.41, 5.74) is 1.89. The van der Waals surface area contributed by atoms with Gasteiger partial charge in [0, 0.05) is 29.9 Å². The van der Waals surface area contributed by atoms with E-state index in [4.69, 9.17) is 0 Å². The minimum atomic E-state index is -3.64. The molecule has 2 heterocycles. The maximum atomic E-state index is 13.2. The lowest BCUT2D eigenvalue weighted by atomic mass is 9.95. The van der Waals surface area contributed by atoms with Gasteiger partial charge in [0.2, 0.25) is 10.0 Å². The van der Waals surface area contributed by atoms with E-state index in [1.54, 1.807) is 35.6 Å². The summed E-state index contributed by atoms with van der Waals surface area (Å²) < 4.78 is 43.4. The standard InChI is InChI=1S/C21H28N2O3S3/c1-15-8-10-17(11-9-15)29(25,26)23-13-18(16(2)20-7-6-12-27-20)19(14-23)22-28(24)21(3,4)5/h6-12,18-19,22H,2,13-14H2,1,3-5H3/t18-,19-,28-/m1/s1. The van der Waals surface area contributed by atoms with Crippen molar-refractivity contribution in [3.05, 3.63) is 58.8 Å². The molecular weight excluding hydrogens is 424 g/mol. The number of sulfonamides is 1. The maximum absolute atomic E-state index is 13.2. The van der Waals surface area contributed by atoms with Crippen LogP contribution in [0.15, 0.2) is 53.3 Å². The Morgan fingerprint density at radius 2 is 1.86 bits per heavy atom. The Kier molecular flexibility index (Phi) is 6.50. The van der Waals surface area contributed by atoms with Gasteiger partial charge in [-0.15, -0.1) is 11.3 Å². The highest BCUT2D eigenvalue weighted by atomic mass is 32.2. The molecule has 0 saturated carbocycles. The van der Waals surface area contributed by atoms with Crippen LogP contribution in [0.1, 0.15) is 31.2 Å². The summed E-state index contributed by atoms with van der Waals surface area (Å²) in [4.78, 5) is 1.30. The van der Waals surface area contributed by atoms with E-state index in [1.165, 1.54) is 4.31 Å². The van der Waals surface area contributed by atoms with E-state index in [9.17, 15) is 12.6 Å². The van der Waals surface area contributed by atoms with Crippen LogP contribution in [-0.2, 0) is 21.0 Å². The topological polar surface area (TPSA) is 66.5 Å². The second kappa shape index (κ2) is 8.43. The summed E-state index contributed by atoms with van der Waals surface area (Å²) in [5.74, 6) is -0.153. The van der Waals surface area contributed by atoms with E-state index in [0.29, 0.717) is 6.54 Å². The predicted molar refractivity (Wildman–Crippen MR) is 122 cm³/mol. The Morgan fingerprint density at radius 3 is 2.41 bits per heavy atom. The fraction of sp³-hybridized carbons (Fsp3) is 0.429. The van der Waals surface area contributed by atoms with E-state index < -0.39 is 25.8 Å². The largest absolute Gasteiger partial charge is 0.243 e. The number of nitrogens with one attached hydrogen (secondary N) is 1. The first-order valence-electron chi connectivity index (χ1n) is 9.47. The fourth-order valence-electron chi connectivity index (χ4n) is 3.25. The summed E-state index contributed by atoms with van der Waals surface area (Å²) >= 11 is 1.58. The van der Waals surface area contributed by atoms with Gasteiger partial charge in [0.1, 0.15) is 0 Å². The van der Waals surface area contributed by atoms with E-state index in [1.807, 2.05) is 45.2 Å². The third-order valence-corrected chi connectivity index (χ3v) is 9.47. The number of hydrogen-bond acceptors (Lipinski definition) is 4. The molecule has 0 aliphatic carbocycles. The van der Waals surface area contributed by atoms with E-state index >= 15 is 0 Å². The monoisotopic (exact) mass is 452 g/mol. The van der Waals surface area contributed by atoms with E-state index in [2.05, 4.69) is 11.3 Å². The Morgan fingerprint density at radius 1 is 1.21 bits per heavy atom. The molecular formula is C21H28N2O3S3. The van der Waals surface area contributed by atoms with Gasteiger partial charge in [-0.3, -0.25) is 0 Å². The summed E-state index contributed by atoms with van der Waals surface area (Å²) in [5, 5.41) is 1.98. The molecule has 8 heteroatoms. The molecule has 3 atom stereocenters. The molecule has 3 rings (SSSR count). The van der Waals surface area contributed by atoms with Gasteiger partial charge in [-0.1, -0.05) is 30.3 Å². The molecule has 1 aromatic carbocycles. The molecule has 0 unspecified atom stereocenters. The number of nitrogens with zero attached hydrogens (tertiary/aromatic N) is 1. The molecule has 1 aliphatic heterocycles. The number of benzene rings is 1. The van der Waals surface area contributed by atoms with Crippen molar-refractivity contribution in [3.8, 4) is 0 Å². The molecule has 5 nitrogen and oxygen atoms in total. The predicted octanol–water partition coefficient (Wildman–Crippen LogP) is 3.81. The second-order valence-corrected chi connectivity index (χ2v) is 13.2. The quantitative estimate of drug-likeness (QED) is 0.725. The number of thiophene rings is 1. The summed E-state index contributed by atoms with van der Waals surface area (Å²) in [6, 6.07) is 10.6. The highest BCUT2D eigenvalue weighted by Crippen LogP contribution is 2.35. The maximum Gasteiger partial charge on any atom is 0.243 e. The average molecular weight is 453 g/mol. The molecule has 0 spiro atoms. The van der Waals surface area contributed by atoms with Crippen molar-refractivity contribution in [2.75, 3.05) is 13.1 Å². The average Bonchev–Trinajstić information content (AvgIpc) is 3.31. The third kappa shape index (κ3) is 4.88.